The highest BCUT2D eigenvalue weighted by atomic mass is 32.2. The summed E-state index contributed by atoms with van der Waals surface area (Å²) in [6, 6.07) is 7.60. The van der Waals surface area contributed by atoms with E-state index in [9.17, 15) is 31.6 Å². The fourth-order valence-electron chi connectivity index (χ4n) is 5.10. The van der Waals surface area contributed by atoms with Gasteiger partial charge >= 0.3 is 27.3 Å². The molecular weight excluding hydrogens is 508 g/mol. The first kappa shape index (κ1) is 25.8. The zero-order chi connectivity index (χ0) is 26.1. The third-order valence-electron chi connectivity index (χ3n) is 6.58. The maximum Gasteiger partial charge on any atom is 0.405 e. The van der Waals surface area contributed by atoms with Crippen molar-refractivity contribution in [3.05, 3.63) is 35.9 Å². The summed E-state index contributed by atoms with van der Waals surface area (Å²) in [5, 5.41) is -5.96. The monoisotopic (exact) mass is 533 g/mol. The second kappa shape index (κ2) is 8.41. The summed E-state index contributed by atoms with van der Waals surface area (Å²) in [6.45, 7) is 6.03. The highest BCUT2D eigenvalue weighted by Gasteiger charge is 2.73. The van der Waals surface area contributed by atoms with Gasteiger partial charge in [-0.05, 0) is 39.8 Å². The molecule has 2 bridgehead atoms. The van der Waals surface area contributed by atoms with Crippen LogP contribution in [0.2, 0.25) is 0 Å². The first-order valence-corrected chi connectivity index (χ1v) is 13.3. The van der Waals surface area contributed by atoms with Crippen LogP contribution in [0.3, 0.4) is 0 Å². The summed E-state index contributed by atoms with van der Waals surface area (Å²) in [6.07, 6.45) is -3.43. The fourth-order valence-corrected chi connectivity index (χ4v) is 7.65. The number of halogens is 2. The summed E-state index contributed by atoms with van der Waals surface area (Å²) >= 11 is 1.26. The minimum Gasteiger partial charge on any atom is -0.455 e. The topological polar surface area (TPSA) is 127 Å². The molecule has 0 spiro atoms. The number of hydrogen-bond donors (Lipinski definition) is 1. The van der Waals surface area contributed by atoms with Crippen molar-refractivity contribution in [2.75, 3.05) is 0 Å². The summed E-state index contributed by atoms with van der Waals surface area (Å²) < 4.78 is 69.5. The molecule has 3 aliphatic heterocycles. The van der Waals surface area contributed by atoms with Crippen molar-refractivity contribution in [3.8, 4) is 0 Å². The molecule has 1 aromatic rings. The number of rotatable bonds is 6. The average molecular weight is 534 g/mol. The Labute approximate surface area is 205 Å². The van der Waals surface area contributed by atoms with Crippen molar-refractivity contribution < 1.29 is 45.6 Å². The highest BCUT2D eigenvalue weighted by Crippen LogP contribution is 2.61. The summed E-state index contributed by atoms with van der Waals surface area (Å²) in [5.74, 6) is -4.41. The van der Waals surface area contributed by atoms with Crippen molar-refractivity contribution in [2.24, 2.45) is 11.8 Å². The summed E-state index contributed by atoms with van der Waals surface area (Å²) in [4.78, 5) is 40.9. The molecule has 3 aliphatic rings. The van der Waals surface area contributed by atoms with Gasteiger partial charge < -0.3 is 14.4 Å². The Morgan fingerprint density at radius 1 is 1.14 bits per heavy atom. The molecule has 13 heteroatoms. The first-order valence-electron chi connectivity index (χ1n) is 10.9. The van der Waals surface area contributed by atoms with E-state index in [1.807, 2.05) is 0 Å². The average Bonchev–Trinajstić information content (AvgIpc) is 3.35. The fraction of sp³-hybridized carbons (Fsp3) is 0.591. The standard InChI is InChI=1S/C22H25F2NO8S2/c1-10(22(23,24)35(29,30)31)32-20(28)13-12-16-14(25(18(12)26)21(2,3)4)15(17(13)34-16)33-19(27)11-8-6-5-7-9-11/h5-10,12-17H,1-4H3,(H,29,30,31). The van der Waals surface area contributed by atoms with Gasteiger partial charge in [0.05, 0.1) is 28.7 Å². The largest absolute Gasteiger partial charge is 0.455 e. The van der Waals surface area contributed by atoms with Crippen LogP contribution < -0.4 is 0 Å². The van der Waals surface area contributed by atoms with Crippen molar-refractivity contribution in [2.45, 2.75) is 67.2 Å². The lowest BCUT2D eigenvalue weighted by atomic mass is 9.78. The molecule has 192 valence electrons. The maximum absolute atomic E-state index is 14.0. The van der Waals surface area contributed by atoms with Crippen molar-refractivity contribution in [3.63, 3.8) is 0 Å². The van der Waals surface area contributed by atoms with Gasteiger partial charge in [-0.2, -0.15) is 17.2 Å². The Morgan fingerprint density at radius 3 is 2.29 bits per heavy atom. The van der Waals surface area contributed by atoms with Gasteiger partial charge in [0.1, 0.15) is 6.10 Å². The van der Waals surface area contributed by atoms with Gasteiger partial charge in [-0.3, -0.25) is 14.1 Å². The van der Waals surface area contributed by atoms with Gasteiger partial charge in [0.15, 0.2) is 6.10 Å². The molecule has 4 rings (SSSR count). The number of likely N-dealkylation sites (tertiary alicyclic amines) is 1. The molecule has 9 nitrogen and oxygen atoms in total. The van der Waals surface area contributed by atoms with Crippen LogP contribution >= 0.6 is 11.8 Å². The predicted octanol–water partition coefficient (Wildman–Crippen LogP) is 2.36. The lowest BCUT2D eigenvalue weighted by Gasteiger charge is -2.39. The van der Waals surface area contributed by atoms with E-state index in [-0.39, 0.29) is 5.56 Å². The van der Waals surface area contributed by atoms with Gasteiger partial charge in [0.25, 0.3) is 0 Å². The van der Waals surface area contributed by atoms with Crippen molar-refractivity contribution in [1.82, 2.24) is 4.90 Å². The number of hydrogen-bond acceptors (Lipinski definition) is 8. The van der Waals surface area contributed by atoms with Crippen LogP contribution in [-0.4, -0.2) is 75.3 Å². The number of benzene rings is 1. The number of carbonyl (C=O) groups excluding carboxylic acids is 3. The van der Waals surface area contributed by atoms with Crippen LogP contribution in [0.1, 0.15) is 38.1 Å². The number of thioether (sulfide) groups is 1. The number of alkyl halides is 2. The summed E-state index contributed by atoms with van der Waals surface area (Å²) in [5.41, 5.74) is -0.421. The number of esters is 2. The molecule has 0 aromatic heterocycles. The molecule has 35 heavy (non-hydrogen) atoms. The van der Waals surface area contributed by atoms with E-state index < -0.39 is 79.3 Å². The van der Waals surface area contributed by atoms with Gasteiger partial charge in [-0.15, -0.1) is 11.8 Å². The van der Waals surface area contributed by atoms with Crippen molar-refractivity contribution in [1.29, 1.82) is 0 Å². The number of amides is 1. The lowest BCUT2D eigenvalue weighted by Crippen LogP contribution is -2.55. The van der Waals surface area contributed by atoms with Gasteiger partial charge in [0.2, 0.25) is 5.91 Å². The molecule has 7 unspecified atom stereocenters. The number of carbonyl (C=O) groups is 3. The number of fused-ring (bicyclic) bond motifs is 1. The molecule has 3 saturated heterocycles. The number of nitrogens with zero attached hydrogens (tertiary/aromatic N) is 1. The van der Waals surface area contributed by atoms with E-state index in [2.05, 4.69) is 0 Å². The quantitative estimate of drug-likeness (QED) is 0.433. The SMILES string of the molecule is CC(OC(=O)C1C2SC3C1C(=O)N(C(C)(C)C)C3C2OC(=O)c1ccccc1)C(F)(F)S(=O)(=O)O. The van der Waals surface area contributed by atoms with Gasteiger partial charge in [-0.1, -0.05) is 18.2 Å². The molecule has 0 radical (unpaired) electrons. The Balaban J connectivity index is 1.65. The van der Waals surface area contributed by atoms with Gasteiger partial charge in [0, 0.05) is 10.8 Å². The van der Waals surface area contributed by atoms with Crippen LogP contribution in [0.4, 0.5) is 8.78 Å². The molecule has 3 heterocycles. The van der Waals surface area contributed by atoms with E-state index in [1.165, 1.54) is 11.8 Å². The molecule has 1 amide bonds. The molecule has 1 N–H and O–H groups in total. The van der Waals surface area contributed by atoms with E-state index >= 15 is 0 Å². The third kappa shape index (κ3) is 4.10. The Morgan fingerprint density at radius 2 is 1.74 bits per heavy atom. The lowest BCUT2D eigenvalue weighted by molar-refractivity contribution is -0.168. The molecular formula is C22H25F2NO8S2. The van der Waals surface area contributed by atoms with E-state index in [1.54, 1.807) is 56.0 Å². The molecule has 0 saturated carbocycles. The van der Waals surface area contributed by atoms with E-state index in [4.69, 9.17) is 14.0 Å². The normalized spacial score (nSPS) is 30.9. The smallest absolute Gasteiger partial charge is 0.405 e. The minimum atomic E-state index is -5.85. The van der Waals surface area contributed by atoms with Crippen LogP contribution in [0.25, 0.3) is 0 Å². The summed E-state index contributed by atoms with van der Waals surface area (Å²) in [7, 11) is -5.85. The molecule has 1 aromatic carbocycles. The zero-order valence-electron chi connectivity index (χ0n) is 19.3. The van der Waals surface area contributed by atoms with Crippen LogP contribution in [0, 0.1) is 11.8 Å². The molecule has 3 fully saturated rings. The van der Waals surface area contributed by atoms with Crippen LogP contribution in [0.15, 0.2) is 30.3 Å². The minimum absolute atomic E-state index is 0.268. The van der Waals surface area contributed by atoms with E-state index in [0.717, 1.165) is 0 Å². The van der Waals surface area contributed by atoms with Crippen LogP contribution in [-0.2, 0) is 29.2 Å². The van der Waals surface area contributed by atoms with E-state index in [0.29, 0.717) is 6.92 Å². The molecule has 7 atom stereocenters. The Bertz CT molecular complexity index is 1150. The third-order valence-corrected chi connectivity index (χ3v) is 9.37. The zero-order valence-corrected chi connectivity index (χ0v) is 20.9. The van der Waals surface area contributed by atoms with Crippen molar-refractivity contribution >= 4 is 39.7 Å². The van der Waals surface area contributed by atoms with Crippen LogP contribution in [0.5, 0.6) is 0 Å². The Hall–Kier alpha value is -2.25. The first-order chi connectivity index (χ1) is 16.1. The highest BCUT2D eigenvalue weighted by molar-refractivity contribution is 8.01. The predicted molar refractivity (Wildman–Crippen MR) is 120 cm³/mol. The maximum atomic E-state index is 14.0. The molecule has 0 aliphatic carbocycles. The second-order valence-corrected chi connectivity index (χ2v) is 12.7. The number of ether oxygens (including phenoxy) is 2. The van der Waals surface area contributed by atoms with Gasteiger partial charge in [-0.25, -0.2) is 4.79 Å². The second-order valence-electron chi connectivity index (χ2n) is 9.84. The Kier molecular flexibility index (Phi) is 6.21.